The van der Waals surface area contributed by atoms with Gasteiger partial charge in [-0.15, -0.1) is 10.2 Å². The van der Waals surface area contributed by atoms with Crippen LogP contribution in [0.1, 0.15) is 45.4 Å². The van der Waals surface area contributed by atoms with E-state index in [1.165, 1.54) is 11.3 Å². The molecule has 3 rings (SSSR count). The largest absolute Gasteiger partial charge is 0.389 e. The van der Waals surface area contributed by atoms with Gasteiger partial charge in [-0.1, -0.05) is 18.3 Å². The van der Waals surface area contributed by atoms with Crippen molar-refractivity contribution >= 4 is 22.4 Å². The van der Waals surface area contributed by atoms with Gasteiger partial charge in [0, 0.05) is 12.5 Å². The number of aromatic nitrogens is 2. The molecule has 7 heteroatoms. The number of rotatable bonds is 4. The lowest BCUT2D eigenvalue weighted by molar-refractivity contribution is -0.121. The Morgan fingerprint density at radius 3 is 2.70 bits per heavy atom. The maximum atomic E-state index is 12.2. The van der Waals surface area contributed by atoms with Gasteiger partial charge in [0.1, 0.15) is 5.51 Å². The maximum Gasteiger partial charge on any atom is 0.229 e. The number of nitrogens with zero attached hydrogens (tertiary/aromatic N) is 3. The third-order valence-electron chi connectivity index (χ3n) is 5.27. The highest BCUT2D eigenvalue weighted by molar-refractivity contribution is 7.13. The average molecular weight is 338 g/mol. The van der Waals surface area contributed by atoms with Gasteiger partial charge in [-0.3, -0.25) is 4.79 Å². The predicted molar refractivity (Wildman–Crippen MR) is 90.3 cm³/mol. The summed E-state index contributed by atoms with van der Waals surface area (Å²) >= 11 is 1.34. The van der Waals surface area contributed by atoms with Crippen LogP contribution in [0.4, 0.5) is 5.13 Å². The van der Waals surface area contributed by atoms with Crippen molar-refractivity contribution in [3.63, 3.8) is 0 Å². The zero-order chi connectivity index (χ0) is 16.3. The summed E-state index contributed by atoms with van der Waals surface area (Å²) in [6.45, 7) is 4.78. The standard InChI is InChI=1S/C16H26N4O2S/c1-12-2-6-16(22,7-3-12)10-20-8-4-13(5-9-20)14(21)18-15-19-17-11-23-15/h11-13,22H,2-10H2,1H3,(H,18,19,21). The van der Waals surface area contributed by atoms with E-state index >= 15 is 0 Å². The SMILES string of the molecule is CC1CCC(O)(CN2CCC(C(=O)Nc3nncs3)CC2)CC1. The van der Waals surface area contributed by atoms with Crippen molar-refractivity contribution in [1.29, 1.82) is 0 Å². The molecule has 1 aromatic rings. The molecule has 1 saturated carbocycles. The number of nitrogens with one attached hydrogen (secondary N) is 1. The van der Waals surface area contributed by atoms with Gasteiger partial charge in [-0.25, -0.2) is 0 Å². The number of hydrogen-bond acceptors (Lipinski definition) is 6. The Hall–Kier alpha value is -1.05. The zero-order valence-corrected chi connectivity index (χ0v) is 14.5. The lowest BCUT2D eigenvalue weighted by Crippen LogP contribution is -2.48. The van der Waals surface area contributed by atoms with Gasteiger partial charge >= 0.3 is 0 Å². The fourth-order valence-corrected chi connectivity index (χ4v) is 4.11. The molecule has 0 atom stereocenters. The number of β-amino-alcohol motifs (C(OH)–C–C–N with tert-alkyl or cyclic N) is 1. The average Bonchev–Trinajstić information content (AvgIpc) is 3.04. The normalized spacial score (nSPS) is 30.3. The molecule has 2 aliphatic rings. The second kappa shape index (κ2) is 7.23. The van der Waals surface area contributed by atoms with Crippen LogP contribution in [0.25, 0.3) is 0 Å². The van der Waals surface area contributed by atoms with Crippen LogP contribution in [0.2, 0.25) is 0 Å². The number of hydrogen-bond donors (Lipinski definition) is 2. The molecule has 1 saturated heterocycles. The summed E-state index contributed by atoms with van der Waals surface area (Å²) in [5, 5.41) is 21.7. The van der Waals surface area contributed by atoms with E-state index in [0.29, 0.717) is 5.13 Å². The Morgan fingerprint density at radius 1 is 1.39 bits per heavy atom. The van der Waals surface area contributed by atoms with Crippen LogP contribution in [-0.4, -0.2) is 51.3 Å². The highest BCUT2D eigenvalue weighted by Crippen LogP contribution is 2.33. The van der Waals surface area contributed by atoms with Gasteiger partial charge < -0.3 is 15.3 Å². The number of aliphatic hydroxyl groups is 1. The summed E-state index contributed by atoms with van der Waals surface area (Å²) in [7, 11) is 0. The Kier molecular flexibility index (Phi) is 5.28. The summed E-state index contributed by atoms with van der Waals surface area (Å²) in [5.41, 5.74) is 1.10. The minimum Gasteiger partial charge on any atom is -0.389 e. The number of carbonyl (C=O) groups is 1. The fraction of sp³-hybridized carbons (Fsp3) is 0.812. The fourth-order valence-electron chi connectivity index (χ4n) is 3.66. The number of likely N-dealkylation sites (tertiary alicyclic amines) is 1. The molecule has 0 spiro atoms. The molecule has 0 aromatic carbocycles. The first-order valence-corrected chi connectivity index (χ1v) is 9.44. The lowest BCUT2D eigenvalue weighted by atomic mass is 9.79. The molecule has 6 nitrogen and oxygen atoms in total. The smallest absolute Gasteiger partial charge is 0.229 e. The first kappa shape index (κ1) is 16.8. The van der Waals surface area contributed by atoms with Crippen molar-refractivity contribution in [2.24, 2.45) is 11.8 Å². The molecule has 1 amide bonds. The van der Waals surface area contributed by atoms with Crippen molar-refractivity contribution < 1.29 is 9.90 Å². The quantitative estimate of drug-likeness (QED) is 0.879. The second-order valence-electron chi connectivity index (χ2n) is 7.19. The van der Waals surface area contributed by atoms with E-state index in [1.54, 1.807) is 5.51 Å². The minimum absolute atomic E-state index is 0.0381. The molecule has 2 fully saturated rings. The monoisotopic (exact) mass is 338 g/mol. The predicted octanol–water partition coefficient (Wildman–Crippen LogP) is 2.13. The summed E-state index contributed by atoms with van der Waals surface area (Å²) in [4.78, 5) is 14.5. The first-order valence-electron chi connectivity index (χ1n) is 8.56. The molecule has 1 aromatic heterocycles. The van der Waals surface area contributed by atoms with Crippen LogP contribution in [0.15, 0.2) is 5.51 Å². The van der Waals surface area contributed by atoms with E-state index in [0.717, 1.165) is 64.1 Å². The molecule has 0 unspecified atom stereocenters. The van der Waals surface area contributed by atoms with E-state index in [4.69, 9.17) is 0 Å². The molecule has 2 heterocycles. The third-order valence-corrected chi connectivity index (χ3v) is 5.88. The van der Waals surface area contributed by atoms with E-state index in [9.17, 15) is 9.90 Å². The van der Waals surface area contributed by atoms with Gasteiger partial charge in [-0.05, 0) is 57.5 Å². The molecule has 1 aliphatic heterocycles. The summed E-state index contributed by atoms with van der Waals surface area (Å²) < 4.78 is 0. The van der Waals surface area contributed by atoms with Crippen molar-refractivity contribution in [3.8, 4) is 0 Å². The molecule has 23 heavy (non-hydrogen) atoms. The van der Waals surface area contributed by atoms with E-state index < -0.39 is 5.60 Å². The molecule has 0 bridgehead atoms. The molecule has 1 aliphatic carbocycles. The van der Waals surface area contributed by atoms with Crippen LogP contribution < -0.4 is 5.32 Å². The number of carbonyl (C=O) groups excluding carboxylic acids is 1. The van der Waals surface area contributed by atoms with Crippen LogP contribution in [-0.2, 0) is 4.79 Å². The molecule has 0 radical (unpaired) electrons. The number of amides is 1. The Balaban J connectivity index is 1.44. The maximum absolute atomic E-state index is 12.2. The second-order valence-corrected chi connectivity index (χ2v) is 8.02. The lowest BCUT2D eigenvalue weighted by Gasteiger charge is -2.41. The van der Waals surface area contributed by atoms with E-state index in [2.05, 4.69) is 27.3 Å². The van der Waals surface area contributed by atoms with E-state index in [1.807, 2.05) is 0 Å². The Morgan fingerprint density at radius 2 is 2.09 bits per heavy atom. The van der Waals surface area contributed by atoms with Crippen molar-refractivity contribution in [2.75, 3.05) is 25.0 Å². The van der Waals surface area contributed by atoms with Crippen molar-refractivity contribution in [2.45, 2.75) is 51.0 Å². The summed E-state index contributed by atoms with van der Waals surface area (Å²) in [6.07, 6.45) is 5.75. The van der Waals surface area contributed by atoms with Crippen molar-refractivity contribution in [3.05, 3.63) is 5.51 Å². The highest BCUT2D eigenvalue weighted by Gasteiger charge is 2.35. The summed E-state index contributed by atoms with van der Waals surface area (Å²) in [5.74, 6) is 0.827. The van der Waals surface area contributed by atoms with E-state index in [-0.39, 0.29) is 11.8 Å². The van der Waals surface area contributed by atoms with Crippen LogP contribution in [0.3, 0.4) is 0 Å². The number of piperidine rings is 1. The zero-order valence-electron chi connectivity index (χ0n) is 13.7. The minimum atomic E-state index is -0.520. The topological polar surface area (TPSA) is 78.4 Å². The first-order chi connectivity index (χ1) is 11.0. The van der Waals surface area contributed by atoms with Crippen LogP contribution in [0, 0.1) is 11.8 Å². The Bertz CT molecular complexity index is 506. The third kappa shape index (κ3) is 4.49. The van der Waals surface area contributed by atoms with Crippen molar-refractivity contribution in [1.82, 2.24) is 15.1 Å². The molecule has 2 N–H and O–H groups in total. The highest BCUT2D eigenvalue weighted by atomic mass is 32.1. The Labute approximate surface area is 141 Å². The molecular formula is C16H26N4O2S. The van der Waals surface area contributed by atoms with Crippen LogP contribution in [0.5, 0.6) is 0 Å². The van der Waals surface area contributed by atoms with Gasteiger partial charge in [0.25, 0.3) is 0 Å². The van der Waals surface area contributed by atoms with Gasteiger partial charge in [0.15, 0.2) is 0 Å². The van der Waals surface area contributed by atoms with Gasteiger partial charge in [0.05, 0.1) is 5.60 Å². The number of anilines is 1. The van der Waals surface area contributed by atoms with Gasteiger partial charge in [0.2, 0.25) is 11.0 Å². The van der Waals surface area contributed by atoms with Crippen LogP contribution >= 0.6 is 11.3 Å². The van der Waals surface area contributed by atoms with Gasteiger partial charge in [-0.2, -0.15) is 0 Å². The molecular weight excluding hydrogens is 312 g/mol. The molecule has 128 valence electrons. The summed E-state index contributed by atoms with van der Waals surface area (Å²) in [6, 6.07) is 0.